The van der Waals surface area contributed by atoms with Crippen LogP contribution in [0.2, 0.25) is 0 Å². The van der Waals surface area contributed by atoms with Crippen molar-refractivity contribution in [2.24, 2.45) is 9.74 Å². The van der Waals surface area contributed by atoms with Gasteiger partial charge in [-0.2, -0.15) is 10.4 Å². The SMILES string of the molecule is Cc1nn(CCC#N)c2c1[P@](=Nc1ccc([N+](=O)[O-])cc1)(c1ccccc1)/C(=C1/N(C)c3ccccc3C1(C)C)C=N2. The molecular weight excluding hydrogens is 545 g/mol. The van der Waals surface area contributed by atoms with Gasteiger partial charge in [0.15, 0.2) is 5.82 Å². The van der Waals surface area contributed by atoms with Crippen molar-refractivity contribution in [1.29, 1.82) is 5.26 Å². The van der Waals surface area contributed by atoms with Gasteiger partial charge in [0.05, 0.1) is 47.7 Å². The van der Waals surface area contributed by atoms with E-state index in [2.05, 4.69) is 68.3 Å². The Hall–Kier alpha value is -4.80. The number of hydrogen-bond acceptors (Lipinski definition) is 7. The fourth-order valence-electron chi connectivity index (χ4n) is 6.26. The number of para-hydroxylation sites is 1. The van der Waals surface area contributed by atoms with Gasteiger partial charge in [-0.25, -0.2) is 9.67 Å². The molecule has 0 amide bonds. The molecule has 1 atom stereocenters. The minimum absolute atomic E-state index is 0.0122. The number of nitriles is 1. The normalized spacial score (nSPS) is 20.1. The van der Waals surface area contributed by atoms with E-state index in [0.717, 1.165) is 33.0 Å². The molecule has 2 aliphatic heterocycles. The lowest BCUT2D eigenvalue weighted by Crippen LogP contribution is -2.30. The van der Waals surface area contributed by atoms with E-state index in [-0.39, 0.29) is 11.1 Å². The molecule has 210 valence electrons. The molecule has 0 saturated heterocycles. The molecule has 6 rings (SSSR count). The molecule has 3 aromatic carbocycles. The number of nitro groups is 1. The van der Waals surface area contributed by atoms with Crippen LogP contribution in [0.15, 0.2) is 99.6 Å². The van der Waals surface area contributed by atoms with Crippen molar-refractivity contribution < 1.29 is 4.92 Å². The molecule has 0 bridgehead atoms. The molecule has 0 fully saturated rings. The van der Waals surface area contributed by atoms with Crippen molar-refractivity contribution in [3.63, 3.8) is 0 Å². The number of rotatable bonds is 5. The zero-order chi connectivity index (χ0) is 29.6. The third-order valence-electron chi connectivity index (χ3n) is 8.05. The first kappa shape index (κ1) is 27.4. The van der Waals surface area contributed by atoms with E-state index in [9.17, 15) is 15.4 Å². The number of nitrogens with zero attached hydrogens (tertiary/aromatic N) is 7. The van der Waals surface area contributed by atoms with E-state index in [1.165, 1.54) is 17.7 Å². The van der Waals surface area contributed by atoms with Crippen LogP contribution in [-0.2, 0) is 12.0 Å². The van der Waals surface area contributed by atoms with Crippen molar-refractivity contribution in [2.75, 3.05) is 11.9 Å². The highest BCUT2D eigenvalue weighted by molar-refractivity contribution is 7.86. The first-order chi connectivity index (χ1) is 20.2. The van der Waals surface area contributed by atoms with Crippen LogP contribution in [0, 0.1) is 28.4 Å². The van der Waals surface area contributed by atoms with E-state index in [1.807, 2.05) is 36.0 Å². The van der Waals surface area contributed by atoms with Crippen LogP contribution in [0.3, 0.4) is 0 Å². The highest BCUT2D eigenvalue weighted by Crippen LogP contribution is 2.64. The van der Waals surface area contributed by atoms with Crippen LogP contribution < -0.4 is 15.5 Å². The molecule has 0 aliphatic carbocycles. The number of anilines is 1. The molecule has 0 N–H and O–H groups in total. The van der Waals surface area contributed by atoms with Crippen LogP contribution in [0.1, 0.15) is 31.5 Å². The Labute approximate surface area is 244 Å². The second kappa shape index (κ2) is 10.2. The Kier molecular flexibility index (Phi) is 6.67. The number of nitro benzene ring substituents is 1. The van der Waals surface area contributed by atoms with Crippen LogP contribution in [0.4, 0.5) is 22.9 Å². The van der Waals surface area contributed by atoms with Crippen LogP contribution >= 0.6 is 7.05 Å². The summed E-state index contributed by atoms with van der Waals surface area (Å²) in [4.78, 5) is 18.3. The van der Waals surface area contributed by atoms with Crippen LogP contribution in [-0.4, -0.2) is 28.0 Å². The summed E-state index contributed by atoms with van der Waals surface area (Å²) in [6, 6.07) is 27.3. The maximum Gasteiger partial charge on any atom is 0.269 e. The number of fused-ring (bicyclic) bond motifs is 2. The van der Waals surface area contributed by atoms with Crippen molar-refractivity contribution >= 4 is 46.8 Å². The molecule has 2 aliphatic rings. The summed E-state index contributed by atoms with van der Waals surface area (Å²) >= 11 is 0. The number of allylic oxidation sites excluding steroid dienone is 2. The van der Waals surface area contributed by atoms with Crippen molar-refractivity contribution in [3.8, 4) is 6.07 Å². The van der Waals surface area contributed by atoms with E-state index < -0.39 is 12.0 Å². The maximum atomic E-state index is 11.4. The smallest absolute Gasteiger partial charge is 0.269 e. The first-order valence-electron chi connectivity index (χ1n) is 13.7. The molecule has 3 heterocycles. The molecule has 0 spiro atoms. The van der Waals surface area contributed by atoms with Gasteiger partial charge in [-0.3, -0.25) is 14.9 Å². The monoisotopic (exact) mass is 575 g/mol. The third-order valence-corrected chi connectivity index (χ3v) is 11.8. The van der Waals surface area contributed by atoms with Crippen molar-refractivity contribution in [1.82, 2.24) is 9.78 Å². The minimum Gasteiger partial charge on any atom is -0.346 e. The molecule has 4 aromatic rings. The highest BCUT2D eigenvalue weighted by Gasteiger charge is 2.47. The summed E-state index contributed by atoms with van der Waals surface area (Å²) in [5.74, 6) is 0.700. The summed E-state index contributed by atoms with van der Waals surface area (Å²) in [6.07, 6.45) is 2.25. The van der Waals surface area contributed by atoms with Gasteiger partial charge in [0.25, 0.3) is 5.69 Å². The van der Waals surface area contributed by atoms with E-state index in [4.69, 9.17) is 14.8 Å². The number of hydrogen-bond donors (Lipinski definition) is 0. The number of aromatic nitrogens is 2. The number of benzene rings is 3. The van der Waals surface area contributed by atoms with Gasteiger partial charge in [-0.15, -0.1) is 0 Å². The lowest BCUT2D eigenvalue weighted by Gasteiger charge is -2.35. The molecule has 0 saturated carbocycles. The minimum atomic E-state index is -2.87. The van der Waals surface area contributed by atoms with Crippen LogP contribution in [0.5, 0.6) is 0 Å². The zero-order valence-electron chi connectivity index (χ0n) is 23.9. The fourth-order valence-corrected chi connectivity index (χ4v) is 10.4. The highest BCUT2D eigenvalue weighted by atomic mass is 31.2. The van der Waals surface area contributed by atoms with Gasteiger partial charge in [0, 0.05) is 52.8 Å². The Morgan fingerprint density at radius 3 is 2.40 bits per heavy atom. The van der Waals surface area contributed by atoms with E-state index in [1.54, 1.807) is 12.1 Å². The Morgan fingerprint density at radius 2 is 1.74 bits per heavy atom. The van der Waals surface area contributed by atoms with Gasteiger partial charge in [0.2, 0.25) is 0 Å². The lowest BCUT2D eigenvalue weighted by molar-refractivity contribution is -0.384. The Bertz CT molecular complexity index is 1880. The standard InChI is InChI=1S/C32H30N7O2P/c1-22-29-31(38(35-22)20-10-19-33)34-21-28(30-32(2,3)26-13-8-9-14-27(26)37(30)4)42(29,25-11-6-5-7-12-25)36-23-15-17-24(18-16-23)39(40)41/h5-9,11-18,21H,10,20H2,1-4H3/b30-28+/t42-/m0/s1. The maximum absolute atomic E-state index is 11.4. The number of aliphatic imine (C=N–C) groups is 1. The molecule has 0 radical (unpaired) electrons. The fraction of sp³-hybridized carbons (Fsp3) is 0.219. The first-order valence-corrected chi connectivity index (χ1v) is 15.4. The predicted molar refractivity (Wildman–Crippen MR) is 168 cm³/mol. The zero-order valence-corrected chi connectivity index (χ0v) is 24.8. The average molecular weight is 576 g/mol. The summed E-state index contributed by atoms with van der Waals surface area (Å²) in [6.45, 7) is 6.86. The van der Waals surface area contributed by atoms with Gasteiger partial charge >= 0.3 is 0 Å². The lowest BCUT2D eigenvalue weighted by atomic mass is 9.84. The van der Waals surface area contributed by atoms with E-state index >= 15 is 0 Å². The van der Waals surface area contributed by atoms with Crippen molar-refractivity contribution in [2.45, 2.75) is 39.2 Å². The summed E-state index contributed by atoms with van der Waals surface area (Å²) in [5, 5.41) is 28.6. The van der Waals surface area contributed by atoms with Gasteiger partial charge < -0.3 is 4.90 Å². The molecular formula is C32H30N7O2P. The average Bonchev–Trinajstić information content (AvgIpc) is 3.42. The molecule has 9 nitrogen and oxygen atoms in total. The topological polar surface area (TPSA) is 113 Å². The Balaban J connectivity index is 1.77. The molecule has 42 heavy (non-hydrogen) atoms. The number of non-ortho nitro benzene ring substituents is 1. The predicted octanol–water partition coefficient (Wildman–Crippen LogP) is 6.85. The van der Waals surface area contributed by atoms with E-state index in [0.29, 0.717) is 24.5 Å². The number of aryl methyl sites for hydroxylation is 2. The quantitative estimate of drug-likeness (QED) is 0.147. The molecule has 0 unspecified atom stereocenters. The largest absolute Gasteiger partial charge is 0.346 e. The van der Waals surface area contributed by atoms with Gasteiger partial charge in [-0.1, -0.05) is 62.4 Å². The van der Waals surface area contributed by atoms with Gasteiger partial charge in [-0.05, 0) is 30.7 Å². The third kappa shape index (κ3) is 4.10. The molecule has 1 aromatic heterocycles. The summed E-state index contributed by atoms with van der Waals surface area (Å²) in [5.41, 5.74) is 4.54. The second-order valence-electron chi connectivity index (χ2n) is 10.9. The molecule has 10 heteroatoms. The summed E-state index contributed by atoms with van der Waals surface area (Å²) < 4.78 is 7.41. The Morgan fingerprint density at radius 1 is 1.05 bits per heavy atom. The van der Waals surface area contributed by atoms with Gasteiger partial charge in [0.1, 0.15) is 0 Å². The number of likely N-dealkylation sites (N-methyl/N-ethyl adjacent to an activating group) is 1. The van der Waals surface area contributed by atoms with Crippen LogP contribution in [0.25, 0.3) is 0 Å². The summed E-state index contributed by atoms with van der Waals surface area (Å²) in [7, 11) is -0.778. The second-order valence-corrected chi connectivity index (χ2v) is 13.8. The van der Waals surface area contributed by atoms with Crippen molar-refractivity contribution in [3.05, 3.63) is 111 Å².